The zero-order valence-corrected chi connectivity index (χ0v) is 21.5. The Labute approximate surface area is 211 Å². The predicted molar refractivity (Wildman–Crippen MR) is 141 cm³/mol. The summed E-state index contributed by atoms with van der Waals surface area (Å²) in [5.74, 6) is 7.73. The van der Waals surface area contributed by atoms with Crippen molar-refractivity contribution in [1.29, 1.82) is 0 Å². The van der Waals surface area contributed by atoms with E-state index in [1.807, 2.05) is 66.5 Å². The lowest BCUT2D eigenvalue weighted by Gasteiger charge is -2.40. The molecule has 2 aromatic rings. The third kappa shape index (κ3) is 8.42. The highest BCUT2D eigenvalue weighted by atomic mass is 16.5. The molecule has 1 atom stereocenters. The van der Waals surface area contributed by atoms with Gasteiger partial charge in [-0.15, -0.1) is 0 Å². The van der Waals surface area contributed by atoms with E-state index in [-0.39, 0.29) is 0 Å². The van der Waals surface area contributed by atoms with Gasteiger partial charge in [0, 0.05) is 44.8 Å². The number of rotatable bonds is 9. The molecule has 2 aliphatic rings. The van der Waals surface area contributed by atoms with Crippen LogP contribution in [0.4, 0.5) is 0 Å². The molecular formula is C30H40N2O3. The summed E-state index contributed by atoms with van der Waals surface area (Å²) >= 11 is 0. The fourth-order valence-corrected chi connectivity index (χ4v) is 4.32. The molecule has 0 spiro atoms. The van der Waals surface area contributed by atoms with E-state index in [0.29, 0.717) is 17.9 Å². The molecule has 188 valence electrons. The number of hydrogen-bond acceptors (Lipinski definition) is 4. The van der Waals surface area contributed by atoms with E-state index >= 15 is 0 Å². The van der Waals surface area contributed by atoms with E-state index in [1.165, 1.54) is 25.8 Å². The van der Waals surface area contributed by atoms with Gasteiger partial charge in [0.1, 0.15) is 5.75 Å². The number of hydrogen-bond donors (Lipinski definition) is 0. The van der Waals surface area contributed by atoms with E-state index in [4.69, 9.17) is 9.47 Å². The first-order valence-electron chi connectivity index (χ1n) is 12.8. The second-order valence-electron chi connectivity index (χ2n) is 9.34. The molecule has 1 aliphatic heterocycles. The predicted octanol–water partition coefficient (Wildman–Crippen LogP) is 4.84. The van der Waals surface area contributed by atoms with Crippen LogP contribution >= 0.6 is 0 Å². The number of nitrogens with zero attached hydrogens (tertiary/aromatic N) is 2. The second-order valence-corrected chi connectivity index (χ2v) is 9.34. The largest absolute Gasteiger partial charge is 0.495 e. The highest BCUT2D eigenvalue weighted by molar-refractivity contribution is 5.79. The number of carbonyl (C=O) groups excluding carboxylic acids is 1. The maximum atomic E-state index is 12.0. The number of ether oxygens (including phenoxy) is 2. The topological polar surface area (TPSA) is 42.0 Å². The van der Waals surface area contributed by atoms with Gasteiger partial charge in [0.2, 0.25) is 5.91 Å². The monoisotopic (exact) mass is 476 g/mol. The number of amides is 1. The normalized spacial score (nSPS) is 17.1. The third-order valence-electron chi connectivity index (χ3n) is 6.87. The van der Waals surface area contributed by atoms with E-state index in [0.717, 1.165) is 55.8 Å². The average Bonchev–Trinajstić information content (AvgIpc) is 2.85. The molecule has 0 bridgehead atoms. The Morgan fingerprint density at radius 2 is 1.74 bits per heavy atom. The molecule has 2 aromatic carbocycles. The van der Waals surface area contributed by atoms with Crippen LogP contribution in [0.15, 0.2) is 54.6 Å². The Morgan fingerprint density at radius 3 is 2.37 bits per heavy atom. The van der Waals surface area contributed by atoms with Crippen LogP contribution in [-0.2, 0) is 9.53 Å². The maximum absolute atomic E-state index is 12.0. The minimum absolute atomic E-state index is 0.339. The van der Waals surface area contributed by atoms with Crippen molar-refractivity contribution in [3.8, 4) is 17.6 Å². The molecule has 1 aliphatic carbocycles. The van der Waals surface area contributed by atoms with E-state index in [2.05, 4.69) is 16.7 Å². The molecule has 1 saturated heterocycles. The number of methoxy groups -OCH3 is 2. The van der Waals surface area contributed by atoms with Crippen LogP contribution in [0.25, 0.3) is 0 Å². The molecular weight excluding hydrogens is 436 g/mol. The van der Waals surface area contributed by atoms with Gasteiger partial charge < -0.3 is 14.4 Å². The molecule has 35 heavy (non-hydrogen) atoms. The SMILES string of the molecule is COCC1CCN1CCCCN(C)C(=O)C1CCC1.COc1ccccc1C#Cc1ccccc1. The number of unbranched alkanes of at least 4 members (excludes halogenated alkanes) is 1. The van der Waals surface area contributed by atoms with E-state index in [1.54, 1.807) is 14.2 Å². The first-order valence-corrected chi connectivity index (χ1v) is 12.8. The van der Waals surface area contributed by atoms with Gasteiger partial charge in [0.05, 0.1) is 19.3 Å². The van der Waals surface area contributed by atoms with Crippen molar-refractivity contribution in [2.24, 2.45) is 5.92 Å². The summed E-state index contributed by atoms with van der Waals surface area (Å²) in [5, 5.41) is 0. The van der Waals surface area contributed by atoms with Gasteiger partial charge in [-0.25, -0.2) is 0 Å². The highest BCUT2D eigenvalue weighted by Crippen LogP contribution is 2.28. The summed E-state index contributed by atoms with van der Waals surface area (Å²) in [6.45, 7) is 4.14. The van der Waals surface area contributed by atoms with Crippen molar-refractivity contribution < 1.29 is 14.3 Å². The molecule has 0 N–H and O–H groups in total. The Balaban J connectivity index is 0.000000198. The van der Waals surface area contributed by atoms with Crippen LogP contribution in [0.3, 0.4) is 0 Å². The molecule has 0 aromatic heterocycles. The van der Waals surface area contributed by atoms with Crippen molar-refractivity contribution in [2.45, 2.75) is 44.6 Å². The second kappa shape index (κ2) is 14.6. The Bertz CT molecular complexity index is 962. The van der Waals surface area contributed by atoms with Crippen molar-refractivity contribution in [3.63, 3.8) is 0 Å². The number of likely N-dealkylation sites (tertiary alicyclic amines) is 1. The molecule has 5 nitrogen and oxygen atoms in total. The van der Waals surface area contributed by atoms with Gasteiger partial charge in [-0.2, -0.15) is 0 Å². The Morgan fingerprint density at radius 1 is 1.00 bits per heavy atom. The summed E-state index contributed by atoms with van der Waals surface area (Å²) in [6, 6.07) is 18.3. The minimum Gasteiger partial charge on any atom is -0.495 e. The minimum atomic E-state index is 0.339. The summed E-state index contributed by atoms with van der Waals surface area (Å²) in [7, 11) is 5.39. The smallest absolute Gasteiger partial charge is 0.225 e. The van der Waals surface area contributed by atoms with Gasteiger partial charge in [0.25, 0.3) is 0 Å². The summed E-state index contributed by atoms with van der Waals surface area (Å²) in [6.07, 6.45) is 7.02. The Kier molecular flexibility index (Phi) is 11.1. The summed E-state index contributed by atoms with van der Waals surface area (Å²) in [5.41, 5.74) is 1.92. The summed E-state index contributed by atoms with van der Waals surface area (Å²) in [4.78, 5) is 16.4. The first-order chi connectivity index (χ1) is 17.1. The number of carbonyl (C=O) groups is 1. The van der Waals surface area contributed by atoms with Gasteiger partial charge in [-0.3, -0.25) is 9.69 Å². The lowest BCUT2D eigenvalue weighted by atomic mass is 9.84. The number of para-hydroxylation sites is 1. The lowest BCUT2D eigenvalue weighted by molar-refractivity contribution is -0.136. The quantitative estimate of drug-likeness (QED) is 0.384. The van der Waals surface area contributed by atoms with Gasteiger partial charge >= 0.3 is 0 Å². The molecule has 4 rings (SSSR count). The van der Waals surface area contributed by atoms with Crippen LogP contribution in [0.5, 0.6) is 5.75 Å². The fourth-order valence-electron chi connectivity index (χ4n) is 4.32. The van der Waals surface area contributed by atoms with Crippen molar-refractivity contribution in [3.05, 3.63) is 65.7 Å². The molecule has 5 heteroatoms. The van der Waals surface area contributed by atoms with E-state index < -0.39 is 0 Å². The molecule has 2 fully saturated rings. The van der Waals surface area contributed by atoms with Gasteiger partial charge in [0.15, 0.2) is 0 Å². The van der Waals surface area contributed by atoms with Crippen molar-refractivity contribution >= 4 is 5.91 Å². The lowest BCUT2D eigenvalue weighted by Crippen LogP contribution is -2.50. The summed E-state index contributed by atoms with van der Waals surface area (Å²) < 4.78 is 10.4. The molecule has 1 amide bonds. The van der Waals surface area contributed by atoms with Crippen molar-refractivity contribution in [1.82, 2.24) is 9.80 Å². The molecule has 1 saturated carbocycles. The standard InChI is InChI=1S/C15H28N2O2.C15H12O/c1-16(15(18)13-6-5-7-13)9-3-4-10-17-11-8-14(17)12-19-2;1-16-15-10-6-5-9-14(15)12-11-13-7-3-2-4-8-13/h13-14H,3-12H2,1-2H3;2-10H,1H3. The van der Waals surface area contributed by atoms with Crippen LogP contribution < -0.4 is 4.74 Å². The molecule has 0 radical (unpaired) electrons. The average molecular weight is 477 g/mol. The maximum Gasteiger partial charge on any atom is 0.225 e. The number of benzene rings is 2. The third-order valence-corrected chi connectivity index (χ3v) is 6.87. The van der Waals surface area contributed by atoms with Crippen LogP contribution in [0, 0.1) is 17.8 Å². The van der Waals surface area contributed by atoms with Crippen molar-refractivity contribution in [2.75, 3.05) is 47.5 Å². The van der Waals surface area contributed by atoms with Gasteiger partial charge in [-0.1, -0.05) is 48.6 Å². The molecule has 1 heterocycles. The zero-order chi connectivity index (χ0) is 24.9. The molecule has 1 unspecified atom stereocenters. The van der Waals surface area contributed by atoms with Crippen LogP contribution in [-0.4, -0.2) is 69.3 Å². The highest BCUT2D eigenvalue weighted by Gasteiger charge is 2.28. The first kappa shape index (κ1) is 26.8. The van der Waals surface area contributed by atoms with Crippen LogP contribution in [0.2, 0.25) is 0 Å². The Hall–Kier alpha value is -2.81. The fraction of sp³-hybridized carbons (Fsp3) is 0.500. The van der Waals surface area contributed by atoms with Gasteiger partial charge in [-0.05, 0) is 62.9 Å². The van der Waals surface area contributed by atoms with Crippen LogP contribution in [0.1, 0.15) is 49.7 Å². The van der Waals surface area contributed by atoms with E-state index in [9.17, 15) is 4.79 Å². The zero-order valence-electron chi connectivity index (χ0n) is 21.5.